The molecule has 120 valence electrons. The highest BCUT2D eigenvalue weighted by atomic mass is 79.9. The van der Waals surface area contributed by atoms with Crippen LogP contribution in [-0.4, -0.2) is 17.4 Å². The van der Waals surface area contributed by atoms with Crippen LogP contribution in [0.2, 0.25) is 0 Å². The number of nitrogens with zero attached hydrogens (tertiary/aromatic N) is 1. The molecule has 0 atom stereocenters. The summed E-state index contributed by atoms with van der Waals surface area (Å²) in [5.41, 5.74) is 0.359. The maximum atomic E-state index is 11.8. The lowest BCUT2D eigenvalue weighted by Crippen LogP contribution is -2.12. The van der Waals surface area contributed by atoms with Crippen LogP contribution < -0.4 is 10.1 Å². The van der Waals surface area contributed by atoms with Gasteiger partial charge in [0.25, 0.3) is 5.69 Å². The Balaban J connectivity index is 1.75. The van der Waals surface area contributed by atoms with Crippen molar-refractivity contribution in [3.8, 4) is 5.75 Å². The van der Waals surface area contributed by atoms with Crippen molar-refractivity contribution in [3.63, 3.8) is 0 Å². The smallest absolute Gasteiger partial charge is 0.271 e. The van der Waals surface area contributed by atoms with Crippen LogP contribution >= 0.6 is 15.9 Å². The van der Waals surface area contributed by atoms with E-state index < -0.39 is 4.92 Å². The lowest BCUT2D eigenvalue weighted by atomic mass is 10.2. The highest BCUT2D eigenvalue weighted by Gasteiger charge is 2.08. The minimum Gasteiger partial charge on any atom is -0.494 e. The number of nitro groups is 1. The zero-order valence-corrected chi connectivity index (χ0v) is 13.8. The SMILES string of the molecule is O=C(CCCOc1cccc(Br)c1)Nc1cccc([N+](=O)[O-])c1. The van der Waals surface area contributed by atoms with E-state index >= 15 is 0 Å². The van der Waals surface area contributed by atoms with E-state index in [0.29, 0.717) is 18.7 Å². The Morgan fingerprint density at radius 1 is 1.22 bits per heavy atom. The van der Waals surface area contributed by atoms with E-state index in [-0.39, 0.29) is 18.0 Å². The molecule has 0 fully saturated rings. The van der Waals surface area contributed by atoms with Crippen molar-refractivity contribution < 1.29 is 14.5 Å². The lowest BCUT2D eigenvalue weighted by molar-refractivity contribution is -0.384. The van der Waals surface area contributed by atoms with Gasteiger partial charge < -0.3 is 10.1 Å². The Labute approximate surface area is 141 Å². The molecule has 1 N–H and O–H groups in total. The molecule has 0 aliphatic heterocycles. The standard InChI is InChI=1S/C16H15BrN2O4/c17-12-4-1-7-15(10-12)23-9-3-8-16(20)18-13-5-2-6-14(11-13)19(21)22/h1-2,4-7,10-11H,3,8-9H2,(H,18,20). The first-order valence-corrected chi connectivity index (χ1v) is 7.76. The van der Waals surface area contributed by atoms with E-state index in [1.165, 1.54) is 18.2 Å². The van der Waals surface area contributed by atoms with Crippen molar-refractivity contribution >= 4 is 33.2 Å². The van der Waals surface area contributed by atoms with Crippen molar-refractivity contribution in [1.29, 1.82) is 0 Å². The number of rotatable bonds is 7. The van der Waals surface area contributed by atoms with Crippen LogP contribution in [0.1, 0.15) is 12.8 Å². The number of hydrogen-bond acceptors (Lipinski definition) is 4. The summed E-state index contributed by atoms with van der Waals surface area (Å²) in [5.74, 6) is 0.529. The number of hydrogen-bond donors (Lipinski definition) is 1. The largest absolute Gasteiger partial charge is 0.494 e. The summed E-state index contributed by atoms with van der Waals surface area (Å²) in [5, 5.41) is 13.3. The highest BCUT2D eigenvalue weighted by Crippen LogP contribution is 2.19. The van der Waals surface area contributed by atoms with Crippen LogP contribution in [0, 0.1) is 10.1 Å². The van der Waals surface area contributed by atoms with Gasteiger partial charge in [-0.1, -0.05) is 28.1 Å². The van der Waals surface area contributed by atoms with Gasteiger partial charge in [-0.05, 0) is 30.7 Å². The van der Waals surface area contributed by atoms with Gasteiger partial charge in [-0.25, -0.2) is 0 Å². The molecule has 2 aromatic rings. The molecular formula is C16H15BrN2O4. The molecule has 2 aromatic carbocycles. The van der Waals surface area contributed by atoms with Crippen molar-refractivity contribution in [2.75, 3.05) is 11.9 Å². The predicted octanol–water partition coefficient (Wildman–Crippen LogP) is 4.16. The fraction of sp³-hybridized carbons (Fsp3) is 0.188. The zero-order chi connectivity index (χ0) is 16.7. The van der Waals surface area contributed by atoms with Crippen LogP contribution in [0.15, 0.2) is 53.0 Å². The minimum atomic E-state index is -0.499. The van der Waals surface area contributed by atoms with Gasteiger partial charge >= 0.3 is 0 Å². The fourth-order valence-corrected chi connectivity index (χ4v) is 2.28. The van der Waals surface area contributed by atoms with Gasteiger partial charge in [0.2, 0.25) is 5.91 Å². The number of carbonyl (C=O) groups is 1. The molecule has 0 bridgehead atoms. The molecule has 1 amide bonds. The molecule has 0 heterocycles. The maximum Gasteiger partial charge on any atom is 0.271 e. The van der Waals surface area contributed by atoms with E-state index in [2.05, 4.69) is 21.2 Å². The number of ether oxygens (including phenoxy) is 1. The molecule has 0 aliphatic rings. The van der Waals surface area contributed by atoms with Gasteiger partial charge in [0, 0.05) is 28.7 Å². The molecule has 0 unspecified atom stereocenters. The Bertz CT molecular complexity index is 706. The van der Waals surface area contributed by atoms with E-state index in [1.807, 2.05) is 24.3 Å². The number of amides is 1. The molecular weight excluding hydrogens is 364 g/mol. The second kappa shape index (κ2) is 8.28. The van der Waals surface area contributed by atoms with Crippen molar-refractivity contribution in [2.24, 2.45) is 0 Å². The monoisotopic (exact) mass is 378 g/mol. The van der Waals surface area contributed by atoms with Gasteiger partial charge in [0.05, 0.1) is 11.5 Å². The molecule has 7 heteroatoms. The third-order valence-electron chi connectivity index (χ3n) is 2.95. The van der Waals surface area contributed by atoms with E-state index in [1.54, 1.807) is 6.07 Å². The second-order valence-corrected chi connectivity index (χ2v) is 5.68. The summed E-state index contributed by atoms with van der Waals surface area (Å²) in [7, 11) is 0. The summed E-state index contributed by atoms with van der Waals surface area (Å²) in [6.07, 6.45) is 0.823. The third-order valence-corrected chi connectivity index (χ3v) is 3.45. The maximum absolute atomic E-state index is 11.8. The van der Waals surface area contributed by atoms with Crippen LogP contribution in [0.5, 0.6) is 5.75 Å². The minimum absolute atomic E-state index is 0.0548. The number of carbonyl (C=O) groups excluding carboxylic acids is 1. The number of benzene rings is 2. The Morgan fingerprint density at radius 2 is 2.00 bits per heavy atom. The Morgan fingerprint density at radius 3 is 2.74 bits per heavy atom. The molecule has 0 radical (unpaired) electrons. The van der Waals surface area contributed by atoms with Crippen molar-refractivity contribution in [2.45, 2.75) is 12.8 Å². The van der Waals surface area contributed by atoms with Crippen LogP contribution in [0.3, 0.4) is 0 Å². The van der Waals surface area contributed by atoms with Crippen molar-refractivity contribution in [3.05, 3.63) is 63.1 Å². The summed E-state index contributed by atoms with van der Waals surface area (Å²) < 4.78 is 6.47. The molecule has 6 nitrogen and oxygen atoms in total. The quantitative estimate of drug-likeness (QED) is 0.445. The molecule has 0 saturated heterocycles. The average Bonchev–Trinajstić information content (AvgIpc) is 2.52. The Kier molecular flexibility index (Phi) is 6.10. The number of non-ortho nitro benzene ring substituents is 1. The average molecular weight is 379 g/mol. The lowest BCUT2D eigenvalue weighted by Gasteiger charge is -2.07. The van der Waals surface area contributed by atoms with E-state index in [0.717, 1.165) is 10.2 Å². The summed E-state index contributed by atoms with van der Waals surface area (Å²) in [6.45, 7) is 0.415. The predicted molar refractivity (Wildman–Crippen MR) is 90.6 cm³/mol. The third kappa shape index (κ3) is 5.71. The number of anilines is 1. The first-order valence-electron chi connectivity index (χ1n) is 6.97. The molecule has 0 saturated carbocycles. The van der Waals surface area contributed by atoms with Gasteiger partial charge in [0.15, 0.2) is 0 Å². The van der Waals surface area contributed by atoms with Crippen molar-refractivity contribution in [1.82, 2.24) is 0 Å². The summed E-state index contributed by atoms with van der Waals surface area (Å²) >= 11 is 3.36. The van der Waals surface area contributed by atoms with Gasteiger partial charge in [-0.2, -0.15) is 0 Å². The van der Waals surface area contributed by atoms with Gasteiger partial charge in [-0.3, -0.25) is 14.9 Å². The topological polar surface area (TPSA) is 81.5 Å². The Hall–Kier alpha value is -2.41. The fourth-order valence-electron chi connectivity index (χ4n) is 1.90. The number of halogens is 1. The molecule has 0 spiro atoms. The normalized spacial score (nSPS) is 10.1. The number of nitrogens with one attached hydrogen (secondary N) is 1. The number of nitro benzene ring substituents is 1. The zero-order valence-electron chi connectivity index (χ0n) is 12.2. The van der Waals surface area contributed by atoms with Gasteiger partial charge in [0.1, 0.15) is 5.75 Å². The molecule has 23 heavy (non-hydrogen) atoms. The van der Waals surface area contributed by atoms with Gasteiger partial charge in [-0.15, -0.1) is 0 Å². The van der Waals surface area contributed by atoms with Crippen LogP contribution in [0.25, 0.3) is 0 Å². The molecule has 0 aliphatic carbocycles. The van der Waals surface area contributed by atoms with E-state index in [9.17, 15) is 14.9 Å². The first kappa shape index (κ1) is 17.0. The summed E-state index contributed by atoms with van der Waals surface area (Å²) in [4.78, 5) is 22.0. The summed E-state index contributed by atoms with van der Waals surface area (Å²) in [6, 6.07) is 13.3. The molecule has 0 aromatic heterocycles. The van der Waals surface area contributed by atoms with Crippen LogP contribution in [-0.2, 0) is 4.79 Å². The first-order chi connectivity index (χ1) is 11.0. The van der Waals surface area contributed by atoms with Crippen LogP contribution in [0.4, 0.5) is 11.4 Å². The van der Waals surface area contributed by atoms with E-state index in [4.69, 9.17) is 4.74 Å². The second-order valence-electron chi connectivity index (χ2n) is 4.77. The molecule has 2 rings (SSSR count). The highest BCUT2D eigenvalue weighted by molar-refractivity contribution is 9.10.